The summed E-state index contributed by atoms with van der Waals surface area (Å²) in [6.07, 6.45) is 1.53. The lowest BCUT2D eigenvalue weighted by Crippen LogP contribution is -2.40. The van der Waals surface area contributed by atoms with E-state index in [9.17, 15) is 8.42 Å². The van der Waals surface area contributed by atoms with Crippen LogP contribution in [-0.4, -0.2) is 51.3 Å². The molecule has 9 heteroatoms. The second-order valence-corrected chi connectivity index (χ2v) is 9.23. The molecule has 1 aliphatic rings. The molecule has 1 aromatic heterocycles. The number of nitrogens with zero attached hydrogens (tertiary/aromatic N) is 1. The summed E-state index contributed by atoms with van der Waals surface area (Å²) in [5.41, 5.74) is 0. The smallest absolute Gasteiger partial charge is 0.272 e. The number of H-pyrrole nitrogens is 1. The normalized spacial score (nSPS) is 15.7. The Hall–Kier alpha value is -1.32. The lowest BCUT2D eigenvalue weighted by Gasteiger charge is -2.25. The molecular weight excluding hydrogens is 394 g/mol. The number of anilines is 1. The van der Waals surface area contributed by atoms with Crippen LogP contribution in [0.4, 0.5) is 5.82 Å². The van der Waals surface area contributed by atoms with Crippen LogP contribution >= 0.6 is 23.4 Å². The second-order valence-electron chi connectivity index (χ2n) is 5.68. The molecule has 3 rings (SSSR count). The van der Waals surface area contributed by atoms with Crippen molar-refractivity contribution in [1.29, 1.82) is 0 Å². The van der Waals surface area contributed by atoms with Gasteiger partial charge >= 0.3 is 0 Å². The maximum atomic E-state index is 12.6. The number of benzene rings is 1. The van der Waals surface area contributed by atoms with Crippen molar-refractivity contribution < 1.29 is 18.1 Å². The lowest BCUT2D eigenvalue weighted by molar-refractivity contribution is -0.364. The molecule has 1 fully saturated rings. The van der Waals surface area contributed by atoms with Crippen LogP contribution in [0.2, 0.25) is 5.02 Å². The number of morpholine rings is 1. The number of sulfonamides is 1. The standard InChI is InChI=1S/C17H20ClN3O3S2/c18-14-1-3-15(4-2-14)25-12-7-19-17-6-5-16(13-20-17)26(22,23)21-8-10-24-11-9-21/h1-6,13H,7-12H2,(H,19,20)/p+1. The van der Waals surface area contributed by atoms with Gasteiger partial charge in [0.05, 0.1) is 19.8 Å². The number of ether oxygens (including phenoxy) is 1. The minimum absolute atomic E-state index is 0.264. The summed E-state index contributed by atoms with van der Waals surface area (Å²) in [7, 11) is -3.46. The van der Waals surface area contributed by atoms with E-state index in [0.29, 0.717) is 26.3 Å². The Morgan fingerprint density at radius 2 is 1.88 bits per heavy atom. The zero-order valence-electron chi connectivity index (χ0n) is 14.2. The fourth-order valence-corrected chi connectivity index (χ4v) is 4.77. The molecule has 6 nitrogen and oxygen atoms in total. The van der Waals surface area contributed by atoms with Gasteiger partial charge in [-0.15, -0.1) is 11.8 Å². The van der Waals surface area contributed by atoms with Crippen molar-refractivity contribution in [3.8, 4) is 0 Å². The van der Waals surface area contributed by atoms with Crippen molar-refractivity contribution in [2.75, 3.05) is 43.9 Å². The predicted octanol–water partition coefficient (Wildman–Crippen LogP) is 2.38. The molecule has 0 radical (unpaired) electrons. The van der Waals surface area contributed by atoms with E-state index in [1.54, 1.807) is 23.9 Å². The van der Waals surface area contributed by atoms with Crippen molar-refractivity contribution in [2.45, 2.75) is 9.79 Å². The van der Waals surface area contributed by atoms with Gasteiger partial charge in [0.2, 0.25) is 10.0 Å². The summed E-state index contributed by atoms with van der Waals surface area (Å²) in [6, 6.07) is 11.1. The average Bonchev–Trinajstić information content (AvgIpc) is 2.68. The molecule has 1 aromatic carbocycles. The van der Waals surface area contributed by atoms with Crippen molar-refractivity contribution in [2.24, 2.45) is 0 Å². The topological polar surface area (TPSA) is 72.8 Å². The van der Waals surface area contributed by atoms with Gasteiger partial charge in [-0.05, 0) is 30.3 Å². The average molecular weight is 415 g/mol. The van der Waals surface area contributed by atoms with E-state index in [-0.39, 0.29) is 4.90 Å². The number of rotatable bonds is 7. The molecule has 0 amide bonds. The zero-order chi connectivity index (χ0) is 18.4. The van der Waals surface area contributed by atoms with Gasteiger partial charge in [-0.1, -0.05) is 11.6 Å². The van der Waals surface area contributed by atoms with Crippen LogP contribution in [0.15, 0.2) is 52.4 Å². The first-order valence-electron chi connectivity index (χ1n) is 8.27. The van der Waals surface area contributed by atoms with Gasteiger partial charge in [0.25, 0.3) is 5.82 Å². The van der Waals surface area contributed by atoms with Crippen molar-refractivity contribution >= 4 is 39.2 Å². The van der Waals surface area contributed by atoms with E-state index in [1.807, 2.05) is 24.3 Å². The van der Waals surface area contributed by atoms with Crippen LogP contribution in [0, 0.1) is 0 Å². The number of halogens is 1. The quantitative estimate of drug-likeness (QED) is 0.556. The number of hydrogen-bond acceptors (Lipinski definition) is 5. The molecule has 1 saturated heterocycles. The van der Waals surface area contributed by atoms with E-state index in [0.717, 1.165) is 28.0 Å². The maximum absolute atomic E-state index is 12.6. The maximum Gasteiger partial charge on any atom is 0.272 e. The first kappa shape index (κ1) is 19.4. The second kappa shape index (κ2) is 9.05. The van der Waals surface area contributed by atoms with Gasteiger partial charge < -0.3 is 4.74 Å². The molecule has 2 aromatic rings. The molecule has 0 spiro atoms. The molecule has 2 N–H and O–H groups in total. The Labute approximate surface area is 163 Å². The Balaban J connectivity index is 1.50. The molecule has 0 saturated carbocycles. The highest BCUT2D eigenvalue weighted by atomic mass is 35.5. The Bertz CT molecular complexity index is 808. The van der Waals surface area contributed by atoms with Crippen LogP contribution in [0.1, 0.15) is 0 Å². The van der Waals surface area contributed by atoms with Crippen LogP contribution in [0.5, 0.6) is 0 Å². The minimum atomic E-state index is -3.46. The van der Waals surface area contributed by atoms with E-state index in [4.69, 9.17) is 16.3 Å². The van der Waals surface area contributed by atoms with Gasteiger partial charge in [-0.25, -0.2) is 13.4 Å². The third-order valence-electron chi connectivity index (χ3n) is 3.89. The number of hydrogen-bond donors (Lipinski definition) is 1. The van der Waals surface area contributed by atoms with Gasteiger partial charge in [0.1, 0.15) is 11.1 Å². The van der Waals surface area contributed by atoms with E-state index in [2.05, 4.69) is 10.3 Å². The highest BCUT2D eigenvalue weighted by Crippen LogP contribution is 2.20. The van der Waals surface area contributed by atoms with E-state index < -0.39 is 10.0 Å². The first-order chi connectivity index (χ1) is 12.6. The molecule has 0 atom stereocenters. The van der Waals surface area contributed by atoms with Crippen molar-refractivity contribution in [3.63, 3.8) is 0 Å². The third-order valence-corrected chi connectivity index (χ3v) is 7.05. The largest absolute Gasteiger partial charge is 0.379 e. The summed E-state index contributed by atoms with van der Waals surface area (Å²) in [4.78, 5) is 4.44. The summed E-state index contributed by atoms with van der Waals surface area (Å²) in [5, 5.41) is 3.98. The highest BCUT2D eigenvalue weighted by molar-refractivity contribution is 7.99. The summed E-state index contributed by atoms with van der Waals surface area (Å²) < 4.78 is 31.8. The fourth-order valence-electron chi connectivity index (χ4n) is 2.50. The molecule has 1 aliphatic heterocycles. The molecule has 2 heterocycles. The van der Waals surface area contributed by atoms with Gasteiger partial charge in [0, 0.05) is 34.8 Å². The van der Waals surface area contributed by atoms with E-state index in [1.165, 1.54) is 10.5 Å². The molecular formula is C17H21ClN3O3S2+. The van der Waals surface area contributed by atoms with Crippen LogP contribution in [-0.2, 0) is 14.8 Å². The Morgan fingerprint density at radius 3 is 2.54 bits per heavy atom. The fraction of sp³-hybridized carbons (Fsp3) is 0.353. The monoisotopic (exact) mass is 414 g/mol. The SMILES string of the molecule is O=S(=O)(c1ccc(NCCSc2ccc(Cl)cc2)[nH+]c1)N1CCOCC1. The number of nitrogens with one attached hydrogen (secondary N) is 2. The van der Waals surface area contributed by atoms with Gasteiger partial charge in [-0.3, -0.25) is 5.32 Å². The number of aromatic amines is 1. The summed E-state index contributed by atoms with van der Waals surface area (Å²) in [5.74, 6) is 1.66. The van der Waals surface area contributed by atoms with Gasteiger partial charge in [-0.2, -0.15) is 4.31 Å². The number of thioether (sulfide) groups is 1. The van der Waals surface area contributed by atoms with Crippen LogP contribution in [0.25, 0.3) is 0 Å². The van der Waals surface area contributed by atoms with Crippen LogP contribution in [0.3, 0.4) is 0 Å². The minimum Gasteiger partial charge on any atom is -0.379 e. The van der Waals surface area contributed by atoms with Crippen LogP contribution < -0.4 is 10.3 Å². The molecule has 0 unspecified atom stereocenters. The number of pyridine rings is 1. The molecule has 140 valence electrons. The number of aromatic nitrogens is 1. The summed E-state index contributed by atoms with van der Waals surface area (Å²) in [6.45, 7) is 2.41. The van der Waals surface area contributed by atoms with Crippen molar-refractivity contribution in [3.05, 3.63) is 47.6 Å². The zero-order valence-corrected chi connectivity index (χ0v) is 16.5. The Kier molecular flexibility index (Phi) is 6.77. The van der Waals surface area contributed by atoms with Crippen molar-refractivity contribution in [1.82, 2.24) is 4.31 Å². The van der Waals surface area contributed by atoms with Gasteiger partial charge in [0.15, 0.2) is 0 Å². The molecule has 0 bridgehead atoms. The Morgan fingerprint density at radius 1 is 1.15 bits per heavy atom. The highest BCUT2D eigenvalue weighted by Gasteiger charge is 2.27. The molecule has 26 heavy (non-hydrogen) atoms. The molecule has 0 aliphatic carbocycles. The predicted molar refractivity (Wildman–Crippen MR) is 103 cm³/mol. The summed E-state index contributed by atoms with van der Waals surface area (Å²) >= 11 is 7.59. The lowest BCUT2D eigenvalue weighted by atomic mass is 10.4. The third kappa shape index (κ3) is 5.11. The van der Waals surface area contributed by atoms with E-state index >= 15 is 0 Å². The first-order valence-corrected chi connectivity index (χ1v) is 11.1.